The average Bonchev–Trinajstić information content (AvgIpc) is 3.36. The van der Waals surface area contributed by atoms with Crippen molar-refractivity contribution in [2.24, 2.45) is 5.92 Å². The van der Waals surface area contributed by atoms with Crippen LogP contribution in [0, 0.1) is 16.0 Å². The number of furan rings is 1. The van der Waals surface area contributed by atoms with Crippen molar-refractivity contribution in [3.8, 4) is 0 Å². The Balaban J connectivity index is 1.49. The van der Waals surface area contributed by atoms with Gasteiger partial charge in [-0.15, -0.1) is 0 Å². The van der Waals surface area contributed by atoms with E-state index >= 15 is 0 Å². The minimum atomic E-state index is -4.12. The largest absolute Gasteiger partial charge is 0.459 e. The lowest BCUT2D eigenvalue weighted by Crippen LogP contribution is -2.44. The van der Waals surface area contributed by atoms with Crippen LogP contribution >= 0.6 is 11.6 Å². The standard InChI is InChI=1S/C19H19ClN4O9S/c20-14-4-3-13(24(28)29)10-16(14)34(30,31)23-7-5-12(6-8-23)19(27)33-11-17(25)21-22-18(26)15-2-1-9-32-15/h1-4,9-10,12H,5-8,11H2,(H,21,25)(H,22,26). The average molecular weight is 515 g/mol. The third-order valence-corrected chi connectivity index (χ3v) is 7.32. The molecule has 182 valence electrons. The predicted octanol–water partition coefficient (Wildman–Crippen LogP) is 1.25. The second kappa shape index (κ2) is 10.6. The van der Waals surface area contributed by atoms with Crippen LogP contribution in [0.5, 0.6) is 0 Å². The Morgan fingerprint density at radius 1 is 1.21 bits per heavy atom. The van der Waals surface area contributed by atoms with Crippen LogP contribution in [-0.2, 0) is 24.3 Å². The fourth-order valence-corrected chi connectivity index (χ4v) is 5.12. The maximum Gasteiger partial charge on any atom is 0.309 e. The van der Waals surface area contributed by atoms with Gasteiger partial charge in [-0.05, 0) is 31.0 Å². The number of nitrogens with one attached hydrogen (secondary N) is 2. The zero-order valence-corrected chi connectivity index (χ0v) is 19.0. The first-order valence-electron chi connectivity index (χ1n) is 9.83. The van der Waals surface area contributed by atoms with E-state index in [4.69, 9.17) is 20.8 Å². The van der Waals surface area contributed by atoms with Crippen molar-refractivity contribution in [3.05, 3.63) is 57.5 Å². The Hall–Kier alpha value is -3.49. The molecule has 0 unspecified atom stereocenters. The Morgan fingerprint density at radius 2 is 1.91 bits per heavy atom. The van der Waals surface area contributed by atoms with Gasteiger partial charge in [0.05, 0.1) is 22.1 Å². The molecule has 34 heavy (non-hydrogen) atoms. The van der Waals surface area contributed by atoms with E-state index < -0.39 is 55.8 Å². The van der Waals surface area contributed by atoms with E-state index in [-0.39, 0.29) is 36.7 Å². The third-order valence-electron chi connectivity index (χ3n) is 4.94. The predicted molar refractivity (Wildman–Crippen MR) is 115 cm³/mol. The number of nitrogens with zero attached hydrogens (tertiary/aromatic N) is 2. The molecule has 13 nitrogen and oxygen atoms in total. The highest BCUT2D eigenvalue weighted by atomic mass is 35.5. The zero-order chi connectivity index (χ0) is 24.9. The number of nitro groups is 1. The summed E-state index contributed by atoms with van der Waals surface area (Å²) in [6.45, 7) is -0.752. The topological polar surface area (TPSA) is 178 Å². The van der Waals surface area contributed by atoms with Crippen LogP contribution < -0.4 is 10.9 Å². The van der Waals surface area contributed by atoms with E-state index in [2.05, 4.69) is 10.9 Å². The van der Waals surface area contributed by atoms with Crippen molar-refractivity contribution in [2.75, 3.05) is 19.7 Å². The lowest BCUT2D eigenvalue weighted by molar-refractivity contribution is -0.385. The minimum absolute atomic E-state index is 0.0228. The lowest BCUT2D eigenvalue weighted by Gasteiger charge is -2.30. The number of carbonyl (C=O) groups is 3. The number of benzene rings is 1. The first-order chi connectivity index (χ1) is 16.1. The monoisotopic (exact) mass is 514 g/mol. The smallest absolute Gasteiger partial charge is 0.309 e. The van der Waals surface area contributed by atoms with Crippen LogP contribution in [0.4, 0.5) is 5.69 Å². The molecule has 3 rings (SSSR count). The molecule has 1 aliphatic heterocycles. The second-order valence-corrected chi connectivity index (χ2v) is 9.45. The summed E-state index contributed by atoms with van der Waals surface area (Å²) in [6, 6.07) is 6.01. The molecule has 0 aliphatic carbocycles. The van der Waals surface area contributed by atoms with E-state index in [1.165, 1.54) is 18.4 Å². The molecule has 0 radical (unpaired) electrons. The molecular formula is C19H19ClN4O9S. The van der Waals surface area contributed by atoms with Crippen LogP contribution in [0.1, 0.15) is 23.4 Å². The number of nitro benzene ring substituents is 1. The van der Waals surface area contributed by atoms with E-state index in [0.29, 0.717) is 0 Å². The van der Waals surface area contributed by atoms with Gasteiger partial charge in [-0.3, -0.25) is 35.3 Å². The molecule has 2 N–H and O–H groups in total. The van der Waals surface area contributed by atoms with Crippen LogP contribution in [0.2, 0.25) is 5.02 Å². The molecule has 2 heterocycles. The summed E-state index contributed by atoms with van der Waals surface area (Å²) >= 11 is 5.96. The van der Waals surface area contributed by atoms with Crippen molar-refractivity contribution in [2.45, 2.75) is 17.7 Å². The van der Waals surface area contributed by atoms with Gasteiger partial charge in [0.15, 0.2) is 12.4 Å². The van der Waals surface area contributed by atoms with Crippen molar-refractivity contribution in [1.29, 1.82) is 0 Å². The highest BCUT2D eigenvalue weighted by Crippen LogP contribution is 2.31. The van der Waals surface area contributed by atoms with Crippen molar-refractivity contribution < 1.29 is 36.9 Å². The number of halogens is 1. The van der Waals surface area contributed by atoms with Crippen molar-refractivity contribution in [3.63, 3.8) is 0 Å². The fourth-order valence-electron chi connectivity index (χ4n) is 3.16. The maximum absolute atomic E-state index is 12.9. The molecule has 0 spiro atoms. The number of amides is 2. The summed E-state index contributed by atoms with van der Waals surface area (Å²) in [7, 11) is -4.12. The molecule has 1 fully saturated rings. The van der Waals surface area contributed by atoms with Crippen molar-refractivity contribution in [1.82, 2.24) is 15.2 Å². The van der Waals surface area contributed by atoms with Crippen molar-refractivity contribution >= 4 is 45.1 Å². The number of esters is 1. The van der Waals surface area contributed by atoms with Gasteiger partial charge in [0, 0.05) is 25.2 Å². The van der Waals surface area contributed by atoms with Gasteiger partial charge in [0.1, 0.15) is 4.90 Å². The number of sulfonamides is 1. The van der Waals surface area contributed by atoms with Gasteiger partial charge >= 0.3 is 11.9 Å². The highest BCUT2D eigenvalue weighted by molar-refractivity contribution is 7.89. The first-order valence-corrected chi connectivity index (χ1v) is 11.6. The number of hydrogen-bond acceptors (Lipinski definition) is 9. The summed E-state index contributed by atoms with van der Waals surface area (Å²) in [5.74, 6) is -2.85. The van der Waals surface area contributed by atoms with E-state index in [1.807, 2.05) is 0 Å². The fraction of sp³-hybridized carbons (Fsp3) is 0.316. The molecule has 0 saturated carbocycles. The lowest BCUT2D eigenvalue weighted by atomic mass is 9.98. The Morgan fingerprint density at radius 3 is 2.53 bits per heavy atom. The van der Waals surface area contributed by atoms with Gasteiger partial charge < -0.3 is 9.15 Å². The Bertz CT molecular complexity index is 1190. The second-order valence-electron chi connectivity index (χ2n) is 7.14. The summed E-state index contributed by atoms with van der Waals surface area (Å²) in [6.07, 6.45) is 1.51. The first kappa shape index (κ1) is 25.1. The zero-order valence-electron chi connectivity index (χ0n) is 17.4. The van der Waals surface area contributed by atoms with Crippen LogP contribution in [0.25, 0.3) is 0 Å². The SMILES string of the molecule is O=C(COC(=O)C1CCN(S(=O)(=O)c2cc([N+](=O)[O-])ccc2Cl)CC1)NNC(=O)c1ccco1. The van der Waals surface area contributed by atoms with Gasteiger partial charge in [-0.2, -0.15) is 4.31 Å². The Kier molecular flexibility index (Phi) is 7.86. The Labute approximate surface area is 198 Å². The molecule has 1 aromatic heterocycles. The minimum Gasteiger partial charge on any atom is -0.459 e. The maximum atomic E-state index is 12.9. The normalized spacial score (nSPS) is 14.9. The van der Waals surface area contributed by atoms with Crippen LogP contribution in [0.3, 0.4) is 0 Å². The van der Waals surface area contributed by atoms with Crippen LogP contribution in [-0.4, -0.2) is 55.1 Å². The molecule has 15 heteroatoms. The van der Waals surface area contributed by atoms with Gasteiger partial charge in [0.2, 0.25) is 10.0 Å². The number of piperidine rings is 1. The van der Waals surface area contributed by atoms with Crippen LogP contribution in [0.15, 0.2) is 45.9 Å². The summed E-state index contributed by atoms with van der Waals surface area (Å²) in [4.78, 5) is 45.5. The molecule has 1 aromatic carbocycles. The highest BCUT2D eigenvalue weighted by Gasteiger charge is 2.34. The molecule has 2 amide bonds. The molecule has 2 aromatic rings. The van der Waals surface area contributed by atoms with Gasteiger partial charge in [0.25, 0.3) is 11.6 Å². The molecule has 1 saturated heterocycles. The third kappa shape index (κ3) is 5.89. The molecule has 0 atom stereocenters. The number of non-ortho nitro benzene ring substituents is 1. The summed E-state index contributed by atoms with van der Waals surface area (Å²) < 4.78 is 36.7. The molecule has 0 bridgehead atoms. The van der Waals surface area contributed by atoms with E-state index in [1.54, 1.807) is 0 Å². The number of rotatable bonds is 7. The van der Waals surface area contributed by atoms with E-state index in [0.717, 1.165) is 22.5 Å². The number of hydrogen-bond donors (Lipinski definition) is 2. The quantitative estimate of drug-likeness (QED) is 0.312. The number of ether oxygens (including phenoxy) is 1. The summed E-state index contributed by atoms with van der Waals surface area (Å²) in [5.41, 5.74) is 3.74. The molecular weight excluding hydrogens is 496 g/mol. The van der Waals surface area contributed by atoms with Gasteiger partial charge in [-0.25, -0.2) is 8.42 Å². The van der Waals surface area contributed by atoms with Gasteiger partial charge in [-0.1, -0.05) is 11.6 Å². The number of carbonyl (C=O) groups excluding carboxylic acids is 3. The van der Waals surface area contributed by atoms with E-state index in [9.17, 15) is 32.9 Å². The number of hydrazine groups is 1. The molecule has 1 aliphatic rings. The summed E-state index contributed by atoms with van der Waals surface area (Å²) in [5, 5.41) is 10.8.